The first kappa shape index (κ1) is 24.3. The van der Waals surface area contributed by atoms with E-state index < -0.39 is 12.1 Å². The number of anilines is 3. The lowest BCUT2D eigenvalue weighted by atomic mass is 9.98. The number of pyridine rings is 2. The summed E-state index contributed by atoms with van der Waals surface area (Å²) in [4.78, 5) is 39.8. The second kappa shape index (κ2) is 10.3. The summed E-state index contributed by atoms with van der Waals surface area (Å²) in [5.41, 5.74) is 1.01. The number of ketones is 1. The first-order valence-electron chi connectivity index (χ1n) is 11.7. The number of aromatic nitrogens is 6. The average molecular weight is 520 g/mol. The molecule has 0 aromatic carbocycles. The number of urea groups is 1. The molecule has 1 aliphatic heterocycles. The number of carbonyl (C=O) groups is 2. The second-order valence-electron chi connectivity index (χ2n) is 8.59. The van der Waals surface area contributed by atoms with Crippen molar-refractivity contribution < 1.29 is 14.3 Å². The summed E-state index contributed by atoms with van der Waals surface area (Å²) in [5.74, 6) is 1.74. The number of hydrogen-bond acceptors (Lipinski definition) is 10. The molecule has 13 heteroatoms. The summed E-state index contributed by atoms with van der Waals surface area (Å²) in [6.07, 6.45) is 4.48. The number of ether oxygens (including phenoxy) is 1. The molecule has 5 rings (SSSR count). The van der Waals surface area contributed by atoms with Crippen molar-refractivity contribution in [3.8, 4) is 17.4 Å². The number of aryl methyl sites for hydroxylation is 1. The lowest BCUT2D eigenvalue weighted by Gasteiger charge is -2.22. The molecule has 5 heterocycles. The second-order valence-corrected chi connectivity index (χ2v) is 9.68. The molecule has 0 saturated heterocycles. The number of methoxy groups -OCH3 is 1. The molecule has 4 aromatic rings. The third-order valence-electron chi connectivity index (χ3n) is 5.78. The normalized spacial score (nSPS) is 14.5. The molecule has 190 valence electrons. The Labute approximate surface area is 216 Å². The van der Waals surface area contributed by atoms with Gasteiger partial charge in [0.05, 0.1) is 23.6 Å². The van der Waals surface area contributed by atoms with Crippen LogP contribution in [-0.4, -0.2) is 54.7 Å². The SMILES string of the molecule is COc1ncccc1C(=O)C1CCc2sc(NC(=O)Nc3cccc(-c4nncn4C(C)C)n3)nc2N1. The first-order chi connectivity index (χ1) is 17.9. The number of rotatable bonds is 7. The van der Waals surface area contributed by atoms with E-state index in [-0.39, 0.29) is 11.8 Å². The summed E-state index contributed by atoms with van der Waals surface area (Å²) in [6.45, 7) is 4.05. The predicted octanol–water partition coefficient (Wildman–Crippen LogP) is 4.03. The van der Waals surface area contributed by atoms with E-state index in [1.807, 2.05) is 24.5 Å². The number of nitrogens with zero attached hydrogens (tertiary/aromatic N) is 6. The van der Waals surface area contributed by atoms with Crippen molar-refractivity contribution in [1.29, 1.82) is 0 Å². The molecule has 0 radical (unpaired) electrons. The molecule has 0 saturated carbocycles. The quantitative estimate of drug-likeness (QED) is 0.308. The Morgan fingerprint density at radius 2 is 2.05 bits per heavy atom. The van der Waals surface area contributed by atoms with Gasteiger partial charge < -0.3 is 14.6 Å². The Morgan fingerprint density at radius 3 is 2.86 bits per heavy atom. The van der Waals surface area contributed by atoms with Crippen molar-refractivity contribution in [3.63, 3.8) is 0 Å². The van der Waals surface area contributed by atoms with E-state index in [1.54, 1.807) is 36.8 Å². The number of thiazole rings is 1. The Bertz CT molecular complexity index is 1450. The minimum atomic E-state index is -0.478. The molecule has 4 aromatic heterocycles. The van der Waals surface area contributed by atoms with Gasteiger partial charge in [0.25, 0.3) is 0 Å². The summed E-state index contributed by atoms with van der Waals surface area (Å²) < 4.78 is 7.13. The van der Waals surface area contributed by atoms with Crippen LogP contribution in [0.1, 0.15) is 41.5 Å². The van der Waals surface area contributed by atoms with Crippen molar-refractivity contribution in [1.82, 2.24) is 29.7 Å². The van der Waals surface area contributed by atoms with Crippen molar-refractivity contribution in [3.05, 3.63) is 53.3 Å². The van der Waals surface area contributed by atoms with Crippen LogP contribution in [0.25, 0.3) is 11.5 Å². The third-order valence-corrected chi connectivity index (χ3v) is 6.82. The van der Waals surface area contributed by atoms with E-state index in [1.165, 1.54) is 18.4 Å². The zero-order valence-electron chi connectivity index (χ0n) is 20.4. The average Bonchev–Trinajstić information content (AvgIpc) is 3.55. The first-order valence-corrected chi connectivity index (χ1v) is 12.5. The van der Waals surface area contributed by atoms with Gasteiger partial charge in [-0.2, -0.15) is 0 Å². The van der Waals surface area contributed by atoms with Crippen LogP contribution in [-0.2, 0) is 6.42 Å². The Balaban J connectivity index is 1.24. The number of amides is 2. The standard InChI is InChI=1S/C24H25N9O3S/c1-13(2)33-12-26-32-21(33)16-7-4-8-18(27-16)29-23(35)31-24-30-20-17(37-24)10-9-15(28-20)19(34)14-6-5-11-25-22(14)36-3/h4-8,11-13,15,28H,9-10H2,1-3H3,(H2,27,29,30,31,35). The van der Waals surface area contributed by atoms with Crippen LogP contribution < -0.4 is 20.7 Å². The van der Waals surface area contributed by atoms with Crippen LogP contribution >= 0.6 is 11.3 Å². The van der Waals surface area contributed by atoms with Gasteiger partial charge in [-0.3, -0.25) is 15.4 Å². The molecule has 12 nitrogen and oxygen atoms in total. The summed E-state index contributed by atoms with van der Waals surface area (Å²) in [6, 6.07) is 7.91. The minimum Gasteiger partial charge on any atom is -0.480 e. The topological polar surface area (TPSA) is 149 Å². The fourth-order valence-electron chi connectivity index (χ4n) is 4.00. The van der Waals surface area contributed by atoms with Gasteiger partial charge >= 0.3 is 6.03 Å². The predicted molar refractivity (Wildman–Crippen MR) is 139 cm³/mol. The van der Waals surface area contributed by atoms with Gasteiger partial charge in [0, 0.05) is 12.2 Å². The fraction of sp³-hybridized carbons (Fsp3) is 0.292. The minimum absolute atomic E-state index is 0.116. The summed E-state index contributed by atoms with van der Waals surface area (Å²) in [7, 11) is 1.48. The molecule has 1 atom stereocenters. The van der Waals surface area contributed by atoms with E-state index in [4.69, 9.17) is 4.74 Å². The Morgan fingerprint density at radius 1 is 1.19 bits per heavy atom. The number of carbonyl (C=O) groups excluding carboxylic acids is 2. The summed E-state index contributed by atoms with van der Waals surface area (Å²) >= 11 is 1.36. The van der Waals surface area contributed by atoms with Crippen LogP contribution in [0.2, 0.25) is 0 Å². The van der Waals surface area contributed by atoms with Crippen molar-refractivity contribution in [2.75, 3.05) is 23.1 Å². The molecule has 2 amide bonds. The van der Waals surface area contributed by atoms with Gasteiger partial charge in [0.2, 0.25) is 5.88 Å². The maximum atomic E-state index is 13.0. The largest absolute Gasteiger partial charge is 0.480 e. The third kappa shape index (κ3) is 5.11. The van der Waals surface area contributed by atoms with Crippen molar-refractivity contribution in [2.24, 2.45) is 0 Å². The van der Waals surface area contributed by atoms with Crippen LogP contribution in [0.15, 0.2) is 42.9 Å². The van der Waals surface area contributed by atoms with Gasteiger partial charge in [0.15, 0.2) is 16.7 Å². The maximum absolute atomic E-state index is 13.0. The molecule has 0 bridgehead atoms. The smallest absolute Gasteiger partial charge is 0.326 e. The highest BCUT2D eigenvalue weighted by molar-refractivity contribution is 7.16. The van der Waals surface area contributed by atoms with E-state index in [0.717, 1.165) is 4.88 Å². The highest BCUT2D eigenvalue weighted by Gasteiger charge is 2.29. The maximum Gasteiger partial charge on any atom is 0.326 e. The van der Waals surface area contributed by atoms with Gasteiger partial charge in [-0.1, -0.05) is 17.4 Å². The molecule has 0 fully saturated rings. The van der Waals surface area contributed by atoms with E-state index in [2.05, 4.69) is 41.1 Å². The molecule has 0 aliphatic carbocycles. The molecular formula is C24H25N9O3S. The van der Waals surface area contributed by atoms with Gasteiger partial charge in [-0.15, -0.1) is 10.2 Å². The molecule has 1 unspecified atom stereocenters. The van der Waals surface area contributed by atoms with E-state index >= 15 is 0 Å². The number of Topliss-reactive ketones (excluding diaryl/α,β-unsaturated/α-hetero) is 1. The Kier molecular flexibility index (Phi) is 6.77. The lowest BCUT2D eigenvalue weighted by Crippen LogP contribution is -2.33. The Hall–Kier alpha value is -4.39. The molecule has 1 aliphatic rings. The monoisotopic (exact) mass is 519 g/mol. The molecule has 0 spiro atoms. The van der Waals surface area contributed by atoms with E-state index in [9.17, 15) is 9.59 Å². The van der Waals surface area contributed by atoms with Crippen LogP contribution in [0.3, 0.4) is 0 Å². The number of fused-ring (bicyclic) bond motifs is 1. The number of hydrogen-bond donors (Lipinski definition) is 3. The van der Waals surface area contributed by atoms with Gasteiger partial charge in [0.1, 0.15) is 23.7 Å². The van der Waals surface area contributed by atoms with Crippen LogP contribution in [0, 0.1) is 0 Å². The van der Waals surface area contributed by atoms with Crippen molar-refractivity contribution in [2.45, 2.75) is 38.8 Å². The molecular weight excluding hydrogens is 494 g/mol. The van der Waals surface area contributed by atoms with Crippen LogP contribution in [0.4, 0.5) is 21.6 Å². The van der Waals surface area contributed by atoms with Gasteiger partial charge in [-0.05, 0) is 51.0 Å². The highest BCUT2D eigenvalue weighted by atomic mass is 32.1. The van der Waals surface area contributed by atoms with Crippen molar-refractivity contribution >= 4 is 39.9 Å². The summed E-state index contributed by atoms with van der Waals surface area (Å²) in [5, 5.41) is 17.2. The lowest BCUT2D eigenvalue weighted by molar-refractivity contribution is 0.0960. The van der Waals surface area contributed by atoms with E-state index in [0.29, 0.717) is 52.6 Å². The molecule has 37 heavy (non-hydrogen) atoms. The molecule has 3 N–H and O–H groups in total. The van der Waals surface area contributed by atoms with Gasteiger partial charge in [-0.25, -0.2) is 19.7 Å². The fourth-order valence-corrected chi connectivity index (χ4v) is 4.94. The highest BCUT2D eigenvalue weighted by Crippen LogP contribution is 2.34. The number of nitrogens with one attached hydrogen (secondary N) is 3. The van der Waals surface area contributed by atoms with Crippen LogP contribution in [0.5, 0.6) is 5.88 Å². The zero-order valence-corrected chi connectivity index (χ0v) is 21.2. The zero-order chi connectivity index (χ0) is 25.9.